The van der Waals surface area contributed by atoms with Crippen molar-refractivity contribution in [2.45, 2.75) is 135 Å². The number of anilines is 1. The number of aryl methyl sites for hydroxylation is 1. The standard InChI is InChI=1S/C46H58Cl3N5O6/c1-28-20-38(48)41(39(49)21-28)58-34-16-18-51(26-34)40-15-9-30(23-50-40)35-17-19-52(43(56)59-45(2,3)4)27-36(35)42(55)53(32-10-11-32)25-31-22-29(8-14-37(31)47)24-54(33-12-13-33)44(57)60-46(5,6)7/h8-9,14-15,20-23,32-36H,10-13,16-19,24-27H2,1-7H3/t34-,35-,36+/m0/s1. The third-order valence-electron chi connectivity index (χ3n) is 11.4. The lowest BCUT2D eigenvalue weighted by Crippen LogP contribution is -2.51. The van der Waals surface area contributed by atoms with E-state index in [1.54, 1.807) is 9.80 Å². The van der Waals surface area contributed by atoms with Crippen molar-refractivity contribution in [1.29, 1.82) is 0 Å². The summed E-state index contributed by atoms with van der Waals surface area (Å²) in [5, 5.41) is 1.55. The van der Waals surface area contributed by atoms with Crippen LogP contribution < -0.4 is 9.64 Å². The molecule has 60 heavy (non-hydrogen) atoms. The second kappa shape index (κ2) is 17.8. The monoisotopic (exact) mass is 881 g/mol. The molecule has 2 aliphatic carbocycles. The molecule has 7 rings (SSSR count). The Morgan fingerprint density at radius 2 is 1.43 bits per heavy atom. The molecule has 2 saturated carbocycles. The number of hydrogen-bond donors (Lipinski definition) is 0. The summed E-state index contributed by atoms with van der Waals surface area (Å²) in [6, 6.07) is 13.8. The van der Waals surface area contributed by atoms with E-state index < -0.39 is 23.2 Å². The van der Waals surface area contributed by atoms with E-state index >= 15 is 4.79 Å². The second-order valence-corrected chi connectivity index (χ2v) is 20.1. The molecule has 11 nitrogen and oxygen atoms in total. The van der Waals surface area contributed by atoms with Gasteiger partial charge < -0.3 is 33.8 Å². The van der Waals surface area contributed by atoms with Crippen LogP contribution in [-0.2, 0) is 27.4 Å². The van der Waals surface area contributed by atoms with Gasteiger partial charge in [0.1, 0.15) is 23.1 Å². The minimum absolute atomic E-state index is 0.0253. The fraction of sp³-hybridized carbons (Fsp3) is 0.565. The smallest absolute Gasteiger partial charge is 0.410 e. The molecule has 2 saturated heterocycles. The maximum absolute atomic E-state index is 15.0. The molecule has 0 bridgehead atoms. The number of amides is 3. The van der Waals surface area contributed by atoms with Gasteiger partial charge >= 0.3 is 12.2 Å². The molecule has 0 unspecified atom stereocenters. The van der Waals surface area contributed by atoms with Crippen molar-refractivity contribution in [2.24, 2.45) is 5.92 Å². The van der Waals surface area contributed by atoms with Gasteiger partial charge in [-0.2, -0.15) is 0 Å². The van der Waals surface area contributed by atoms with Gasteiger partial charge in [0.05, 0.1) is 22.5 Å². The first-order valence-corrected chi connectivity index (χ1v) is 22.3. The van der Waals surface area contributed by atoms with E-state index in [1.165, 1.54) is 0 Å². The number of aromatic nitrogens is 1. The third kappa shape index (κ3) is 11.1. The summed E-state index contributed by atoms with van der Waals surface area (Å²) in [5.74, 6) is 0.583. The first-order chi connectivity index (χ1) is 28.3. The van der Waals surface area contributed by atoms with Crippen LogP contribution in [0.25, 0.3) is 0 Å². The van der Waals surface area contributed by atoms with Crippen LogP contribution in [0.4, 0.5) is 15.4 Å². The van der Waals surface area contributed by atoms with Crippen LogP contribution in [0.5, 0.6) is 5.75 Å². The average molecular weight is 883 g/mol. The number of ether oxygens (including phenoxy) is 3. The molecule has 3 heterocycles. The Balaban J connectivity index is 1.09. The maximum Gasteiger partial charge on any atom is 0.410 e. The Labute approximate surface area is 369 Å². The van der Waals surface area contributed by atoms with Gasteiger partial charge in [0.25, 0.3) is 0 Å². The van der Waals surface area contributed by atoms with Crippen LogP contribution in [-0.4, -0.2) is 93.3 Å². The Kier molecular flexibility index (Phi) is 13.1. The molecule has 3 atom stereocenters. The number of halogens is 3. The second-order valence-electron chi connectivity index (χ2n) is 18.9. The van der Waals surface area contributed by atoms with Crippen LogP contribution in [0.15, 0.2) is 48.7 Å². The summed E-state index contributed by atoms with van der Waals surface area (Å²) in [6.45, 7) is 15.9. The van der Waals surface area contributed by atoms with Crippen molar-refractivity contribution in [3.63, 3.8) is 0 Å². The van der Waals surface area contributed by atoms with E-state index in [9.17, 15) is 9.59 Å². The number of piperidine rings is 1. The van der Waals surface area contributed by atoms with Crippen molar-refractivity contribution in [3.05, 3.63) is 86.0 Å². The number of likely N-dealkylation sites (tertiary alicyclic amines) is 1. The largest absolute Gasteiger partial charge is 0.485 e. The van der Waals surface area contributed by atoms with Crippen molar-refractivity contribution >= 4 is 58.7 Å². The van der Waals surface area contributed by atoms with Gasteiger partial charge in [-0.15, -0.1) is 0 Å². The molecule has 0 spiro atoms. The van der Waals surface area contributed by atoms with E-state index in [-0.39, 0.29) is 42.7 Å². The molecule has 3 aromatic rings. The lowest BCUT2D eigenvalue weighted by molar-refractivity contribution is -0.139. The molecule has 1 aromatic heterocycles. The number of pyridine rings is 1. The molecule has 14 heteroatoms. The summed E-state index contributed by atoms with van der Waals surface area (Å²) in [4.78, 5) is 54.2. The lowest BCUT2D eigenvalue weighted by atomic mass is 9.80. The van der Waals surface area contributed by atoms with Crippen molar-refractivity contribution in [3.8, 4) is 5.75 Å². The SMILES string of the molecule is Cc1cc(Cl)c(O[C@H]2CCN(c3ccc([C@@H]4CCN(C(=O)OC(C)(C)C)C[C@H]4C(=O)N(Cc4cc(CN(C(=O)OC(C)(C)C)C5CC5)ccc4Cl)C4CC4)cn3)C2)c(Cl)c1. The van der Waals surface area contributed by atoms with Gasteiger partial charge in [-0.05, 0) is 127 Å². The fourth-order valence-electron chi connectivity index (χ4n) is 8.16. The van der Waals surface area contributed by atoms with E-state index in [2.05, 4.69) is 11.0 Å². The van der Waals surface area contributed by atoms with Crippen LogP contribution in [0.2, 0.25) is 15.1 Å². The molecule has 324 valence electrons. The van der Waals surface area contributed by atoms with Gasteiger partial charge in [-0.1, -0.05) is 53.0 Å². The van der Waals surface area contributed by atoms with Crippen molar-refractivity contribution in [2.75, 3.05) is 31.1 Å². The highest BCUT2D eigenvalue weighted by Gasteiger charge is 2.44. The summed E-state index contributed by atoms with van der Waals surface area (Å²) < 4.78 is 17.8. The van der Waals surface area contributed by atoms with Crippen LogP contribution in [0.3, 0.4) is 0 Å². The van der Waals surface area contributed by atoms with Crippen molar-refractivity contribution in [1.82, 2.24) is 19.7 Å². The highest BCUT2D eigenvalue weighted by molar-refractivity contribution is 6.37. The molecule has 0 N–H and O–H groups in total. The minimum Gasteiger partial charge on any atom is -0.485 e. The fourth-order valence-corrected chi connectivity index (χ4v) is 9.02. The average Bonchev–Trinajstić information content (AvgIpc) is 4.12. The van der Waals surface area contributed by atoms with E-state index in [1.807, 2.05) is 96.0 Å². The summed E-state index contributed by atoms with van der Waals surface area (Å²) in [6.07, 6.45) is 6.05. The highest BCUT2D eigenvalue weighted by Crippen LogP contribution is 2.40. The summed E-state index contributed by atoms with van der Waals surface area (Å²) in [7, 11) is 0. The topological polar surface area (TPSA) is 105 Å². The molecule has 0 radical (unpaired) electrons. The van der Waals surface area contributed by atoms with Gasteiger partial charge in [-0.25, -0.2) is 14.6 Å². The van der Waals surface area contributed by atoms with Crippen LogP contribution in [0, 0.1) is 12.8 Å². The minimum atomic E-state index is -0.675. The number of hydrogen-bond acceptors (Lipinski definition) is 8. The molecule has 4 aliphatic rings. The molecule has 2 aromatic carbocycles. The van der Waals surface area contributed by atoms with Gasteiger partial charge in [0.2, 0.25) is 5.91 Å². The van der Waals surface area contributed by atoms with Crippen molar-refractivity contribution < 1.29 is 28.6 Å². The number of rotatable bonds is 11. The number of benzene rings is 2. The maximum atomic E-state index is 15.0. The Morgan fingerprint density at radius 1 is 0.767 bits per heavy atom. The van der Waals surface area contributed by atoms with Gasteiger partial charge in [-0.3, -0.25) is 4.79 Å². The normalized spacial score (nSPS) is 20.8. The highest BCUT2D eigenvalue weighted by atomic mass is 35.5. The van der Waals surface area contributed by atoms with E-state index in [0.29, 0.717) is 53.4 Å². The summed E-state index contributed by atoms with van der Waals surface area (Å²) in [5.41, 5.74) is 2.38. The van der Waals surface area contributed by atoms with E-state index in [4.69, 9.17) is 54.0 Å². The van der Waals surface area contributed by atoms with Crippen LogP contribution in [0.1, 0.15) is 108 Å². The molecular weight excluding hydrogens is 825 g/mol. The zero-order chi connectivity index (χ0) is 43.1. The Hall–Kier alpha value is -3.93. The zero-order valence-electron chi connectivity index (χ0n) is 35.8. The first-order valence-electron chi connectivity index (χ1n) is 21.2. The Bertz CT molecular complexity index is 2040. The predicted octanol–water partition coefficient (Wildman–Crippen LogP) is 10.4. The third-order valence-corrected chi connectivity index (χ3v) is 12.3. The lowest BCUT2D eigenvalue weighted by Gasteiger charge is -2.40. The molecule has 4 fully saturated rings. The number of carbonyl (C=O) groups excluding carboxylic acids is 3. The number of carbonyl (C=O) groups is 3. The van der Waals surface area contributed by atoms with Gasteiger partial charge in [0.15, 0.2) is 5.75 Å². The number of nitrogens with zero attached hydrogens (tertiary/aromatic N) is 5. The predicted molar refractivity (Wildman–Crippen MR) is 235 cm³/mol. The summed E-state index contributed by atoms with van der Waals surface area (Å²) >= 11 is 19.8. The zero-order valence-corrected chi connectivity index (χ0v) is 38.1. The molecule has 2 aliphatic heterocycles. The van der Waals surface area contributed by atoms with Gasteiger partial charge in [0, 0.05) is 68.4 Å². The molecule has 3 amide bonds. The van der Waals surface area contributed by atoms with Crippen LogP contribution >= 0.6 is 34.8 Å². The van der Waals surface area contributed by atoms with E-state index in [0.717, 1.165) is 66.7 Å². The Morgan fingerprint density at radius 3 is 2.05 bits per heavy atom. The quantitative estimate of drug-likeness (QED) is 0.188. The molecular formula is C46H58Cl3N5O6. The first kappa shape index (κ1) is 44.1.